The number of amides is 1. The first-order chi connectivity index (χ1) is 12.3. The SMILES string of the molecule is Cc1cnc(-c2cnc(Nc3ccc(C(=O)N(C)C)c(C)c3)nc2N)o1. The van der Waals surface area contributed by atoms with Gasteiger partial charge < -0.3 is 20.4 Å². The summed E-state index contributed by atoms with van der Waals surface area (Å²) in [6.07, 6.45) is 3.17. The Morgan fingerprint density at radius 2 is 1.96 bits per heavy atom. The number of hydrogen-bond donors (Lipinski definition) is 2. The van der Waals surface area contributed by atoms with Crippen molar-refractivity contribution in [3.63, 3.8) is 0 Å². The van der Waals surface area contributed by atoms with Gasteiger partial charge in [0.25, 0.3) is 5.91 Å². The number of nitrogen functional groups attached to an aromatic ring is 1. The van der Waals surface area contributed by atoms with E-state index in [0.717, 1.165) is 11.3 Å². The Labute approximate surface area is 151 Å². The largest absolute Gasteiger partial charge is 0.441 e. The molecular formula is C18H20N6O2. The highest BCUT2D eigenvalue weighted by Crippen LogP contribution is 2.25. The number of aryl methyl sites for hydroxylation is 2. The number of nitrogens with two attached hydrogens (primary N) is 1. The minimum atomic E-state index is -0.0415. The predicted molar refractivity (Wildman–Crippen MR) is 99.2 cm³/mol. The minimum Gasteiger partial charge on any atom is -0.441 e. The number of nitrogens with zero attached hydrogens (tertiary/aromatic N) is 4. The van der Waals surface area contributed by atoms with E-state index in [1.54, 1.807) is 50.4 Å². The topological polar surface area (TPSA) is 110 Å². The van der Waals surface area contributed by atoms with Crippen LogP contribution in [0.4, 0.5) is 17.5 Å². The summed E-state index contributed by atoms with van der Waals surface area (Å²) in [6, 6.07) is 5.43. The summed E-state index contributed by atoms with van der Waals surface area (Å²) in [5, 5.41) is 3.09. The summed E-state index contributed by atoms with van der Waals surface area (Å²) in [7, 11) is 3.45. The summed E-state index contributed by atoms with van der Waals surface area (Å²) >= 11 is 0. The Kier molecular flexibility index (Phi) is 4.57. The van der Waals surface area contributed by atoms with Crippen LogP contribution in [0.1, 0.15) is 21.7 Å². The van der Waals surface area contributed by atoms with Crippen molar-refractivity contribution in [2.24, 2.45) is 0 Å². The van der Waals surface area contributed by atoms with Gasteiger partial charge >= 0.3 is 0 Å². The van der Waals surface area contributed by atoms with Crippen LogP contribution in [0.15, 0.2) is 35.0 Å². The van der Waals surface area contributed by atoms with Crippen LogP contribution in [0.25, 0.3) is 11.5 Å². The lowest BCUT2D eigenvalue weighted by Gasteiger charge is -2.14. The van der Waals surface area contributed by atoms with E-state index < -0.39 is 0 Å². The lowest BCUT2D eigenvalue weighted by molar-refractivity contribution is 0.0827. The van der Waals surface area contributed by atoms with Gasteiger partial charge in [0, 0.05) is 31.5 Å². The number of carbonyl (C=O) groups excluding carboxylic acids is 1. The molecule has 2 aromatic heterocycles. The van der Waals surface area contributed by atoms with Crippen LogP contribution in [-0.4, -0.2) is 39.9 Å². The van der Waals surface area contributed by atoms with Crippen molar-refractivity contribution in [2.75, 3.05) is 25.1 Å². The second-order valence-corrected chi connectivity index (χ2v) is 6.12. The van der Waals surface area contributed by atoms with Gasteiger partial charge in [0.2, 0.25) is 11.8 Å². The molecule has 1 aromatic carbocycles. The number of benzene rings is 1. The van der Waals surface area contributed by atoms with E-state index in [2.05, 4.69) is 20.3 Å². The van der Waals surface area contributed by atoms with Crippen molar-refractivity contribution in [3.05, 3.63) is 47.5 Å². The Hall–Kier alpha value is -3.42. The molecule has 0 aliphatic rings. The lowest BCUT2D eigenvalue weighted by Crippen LogP contribution is -2.22. The van der Waals surface area contributed by atoms with Crippen molar-refractivity contribution in [2.45, 2.75) is 13.8 Å². The highest BCUT2D eigenvalue weighted by molar-refractivity contribution is 5.95. The zero-order valence-electron chi connectivity index (χ0n) is 15.1. The quantitative estimate of drug-likeness (QED) is 0.743. The van der Waals surface area contributed by atoms with Crippen molar-refractivity contribution < 1.29 is 9.21 Å². The van der Waals surface area contributed by atoms with E-state index in [-0.39, 0.29) is 11.7 Å². The summed E-state index contributed by atoms with van der Waals surface area (Å²) in [5.74, 6) is 1.64. The Morgan fingerprint density at radius 1 is 1.19 bits per heavy atom. The molecule has 0 fully saturated rings. The van der Waals surface area contributed by atoms with E-state index in [1.807, 2.05) is 13.0 Å². The molecule has 0 aliphatic heterocycles. The van der Waals surface area contributed by atoms with Crippen molar-refractivity contribution >= 4 is 23.4 Å². The second kappa shape index (κ2) is 6.83. The van der Waals surface area contributed by atoms with Crippen molar-refractivity contribution in [1.29, 1.82) is 0 Å². The average Bonchev–Trinajstić information content (AvgIpc) is 3.00. The highest BCUT2D eigenvalue weighted by atomic mass is 16.4. The van der Waals surface area contributed by atoms with Gasteiger partial charge in [-0.3, -0.25) is 4.79 Å². The molecule has 0 aliphatic carbocycles. The first-order valence-corrected chi connectivity index (χ1v) is 8.00. The molecule has 1 amide bonds. The molecule has 3 rings (SSSR count). The molecule has 3 N–H and O–H groups in total. The predicted octanol–water partition coefficient (Wildman–Crippen LogP) is 2.78. The number of rotatable bonds is 4. The second-order valence-electron chi connectivity index (χ2n) is 6.12. The van der Waals surface area contributed by atoms with Crippen LogP contribution in [0.3, 0.4) is 0 Å². The van der Waals surface area contributed by atoms with E-state index >= 15 is 0 Å². The maximum atomic E-state index is 12.1. The Balaban J connectivity index is 1.82. The molecule has 3 aromatic rings. The number of anilines is 3. The molecule has 8 nitrogen and oxygen atoms in total. The summed E-state index contributed by atoms with van der Waals surface area (Å²) in [4.78, 5) is 26.3. The van der Waals surface area contributed by atoms with Crippen LogP contribution >= 0.6 is 0 Å². The molecule has 0 saturated carbocycles. The maximum absolute atomic E-state index is 12.1. The summed E-state index contributed by atoms with van der Waals surface area (Å²) < 4.78 is 5.45. The van der Waals surface area contributed by atoms with Gasteiger partial charge in [0.15, 0.2) is 0 Å². The fourth-order valence-electron chi connectivity index (χ4n) is 2.45. The summed E-state index contributed by atoms with van der Waals surface area (Å²) in [6.45, 7) is 3.68. The summed E-state index contributed by atoms with van der Waals surface area (Å²) in [5.41, 5.74) is 8.80. The fourth-order valence-corrected chi connectivity index (χ4v) is 2.45. The molecular weight excluding hydrogens is 332 g/mol. The van der Waals surface area contributed by atoms with Gasteiger partial charge in [-0.05, 0) is 37.6 Å². The maximum Gasteiger partial charge on any atom is 0.253 e. The average molecular weight is 352 g/mol. The Morgan fingerprint density at radius 3 is 2.54 bits per heavy atom. The first-order valence-electron chi connectivity index (χ1n) is 8.00. The van der Waals surface area contributed by atoms with Crippen LogP contribution in [0.5, 0.6) is 0 Å². The van der Waals surface area contributed by atoms with Gasteiger partial charge in [-0.15, -0.1) is 0 Å². The third-order valence-corrected chi connectivity index (χ3v) is 3.79. The molecule has 0 saturated heterocycles. The monoisotopic (exact) mass is 352 g/mol. The third-order valence-electron chi connectivity index (χ3n) is 3.79. The third kappa shape index (κ3) is 3.49. The number of nitrogens with one attached hydrogen (secondary N) is 1. The van der Waals surface area contributed by atoms with Crippen LogP contribution in [-0.2, 0) is 0 Å². The van der Waals surface area contributed by atoms with Crippen molar-refractivity contribution in [3.8, 4) is 11.5 Å². The molecule has 2 heterocycles. The molecule has 26 heavy (non-hydrogen) atoms. The molecule has 0 unspecified atom stereocenters. The molecule has 0 spiro atoms. The van der Waals surface area contributed by atoms with Gasteiger partial charge in [-0.2, -0.15) is 4.98 Å². The molecule has 8 heteroatoms. The van der Waals surface area contributed by atoms with E-state index in [4.69, 9.17) is 10.2 Å². The van der Waals surface area contributed by atoms with E-state index in [1.165, 1.54) is 0 Å². The fraction of sp³-hybridized carbons (Fsp3) is 0.222. The Bertz CT molecular complexity index is 964. The van der Waals surface area contributed by atoms with E-state index in [9.17, 15) is 4.79 Å². The normalized spacial score (nSPS) is 10.6. The molecule has 134 valence electrons. The molecule has 0 radical (unpaired) electrons. The number of aromatic nitrogens is 3. The number of hydrogen-bond acceptors (Lipinski definition) is 7. The highest BCUT2D eigenvalue weighted by Gasteiger charge is 2.13. The smallest absolute Gasteiger partial charge is 0.253 e. The van der Waals surface area contributed by atoms with Gasteiger partial charge in [0.1, 0.15) is 11.6 Å². The molecule has 0 bridgehead atoms. The number of carbonyl (C=O) groups is 1. The van der Waals surface area contributed by atoms with Gasteiger partial charge in [-0.1, -0.05) is 0 Å². The van der Waals surface area contributed by atoms with Crippen molar-refractivity contribution in [1.82, 2.24) is 19.9 Å². The van der Waals surface area contributed by atoms with Crippen LogP contribution in [0.2, 0.25) is 0 Å². The number of oxazole rings is 1. The van der Waals surface area contributed by atoms with Gasteiger partial charge in [0.05, 0.1) is 11.8 Å². The standard InChI is InChI=1S/C18H20N6O2/c1-10-7-12(5-6-13(10)17(25)24(3)4)22-18-21-9-14(15(19)23-18)16-20-8-11(2)26-16/h5-9H,1-4H3,(H3,19,21,22,23). The zero-order valence-corrected chi connectivity index (χ0v) is 15.1. The minimum absolute atomic E-state index is 0.0415. The van der Waals surface area contributed by atoms with Gasteiger partial charge in [-0.25, -0.2) is 9.97 Å². The molecule has 0 atom stereocenters. The van der Waals surface area contributed by atoms with E-state index in [0.29, 0.717) is 28.7 Å². The van der Waals surface area contributed by atoms with Crippen LogP contribution < -0.4 is 11.1 Å². The zero-order chi connectivity index (χ0) is 18.8. The lowest BCUT2D eigenvalue weighted by atomic mass is 10.1. The first kappa shape index (κ1) is 17.4. The van der Waals surface area contributed by atoms with Crippen LogP contribution in [0, 0.1) is 13.8 Å².